The van der Waals surface area contributed by atoms with Crippen LogP contribution in [0.2, 0.25) is 0 Å². The summed E-state index contributed by atoms with van der Waals surface area (Å²) in [7, 11) is 0. The molecule has 3 heteroatoms. The number of aliphatic hydroxyl groups excluding tert-OH is 1. The van der Waals surface area contributed by atoms with Crippen molar-refractivity contribution in [2.75, 3.05) is 6.61 Å². The van der Waals surface area contributed by atoms with Gasteiger partial charge in [0.15, 0.2) is 0 Å². The summed E-state index contributed by atoms with van der Waals surface area (Å²) in [5.41, 5.74) is -0.841. The fourth-order valence-corrected chi connectivity index (χ4v) is 1.10. The van der Waals surface area contributed by atoms with Gasteiger partial charge in [0.2, 0.25) is 0 Å². The zero-order valence-electron chi connectivity index (χ0n) is 6.37. The predicted octanol–water partition coefficient (Wildman–Crippen LogP) is -0.0929. The molecule has 0 saturated carbocycles. The van der Waals surface area contributed by atoms with Crippen molar-refractivity contribution in [2.45, 2.75) is 38.1 Å². The molecule has 0 radical (unpaired) electrons. The fourth-order valence-electron chi connectivity index (χ4n) is 1.10. The Kier molecular flexibility index (Phi) is 1.99. The van der Waals surface area contributed by atoms with Gasteiger partial charge in [0, 0.05) is 6.42 Å². The zero-order chi connectivity index (χ0) is 7.78. The van der Waals surface area contributed by atoms with Crippen LogP contribution < -0.4 is 0 Å². The van der Waals surface area contributed by atoms with Gasteiger partial charge in [0.05, 0.1) is 24.4 Å². The number of aliphatic hydroxyl groups is 2. The van der Waals surface area contributed by atoms with Crippen LogP contribution in [0.15, 0.2) is 0 Å². The lowest BCUT2D eigenvalue weighted by Crippen LogP contribution is -2.46. The summed E-state index contributed by atoms with van der Waals surface area (Å²) in [5, 5.41) is 18.6. The van der Waals surface area contributed by atoms with Crippen LogP contribution in [0.25, 0.3) is 0 Å². The molecule has 1 heterocycles. The van der Waals surface area contributed by atoms with Gasteiger partial charge in [0.1, 0.15) is 0 Å². The molecule has 0 spiro atoms. The van der Waals surface area contributed by atoms with Crippen molar-refractivity contribution in [1.29, 1.82) is 0 Å². The molecule has 1 aliphatic rings. The van der Waals surface area contributed by atoms with Crippen LogP contribution in [0.4, 0.5) is 0 Å². The van der Waals surface area contributed by atoms with Crippen LogP contribution in [0, 0.1) is 0 Å². The zero-order valence-corrected chi connectivity index (χ0v) is 6.37. The normalized spacial score (nSPS) is 49.2. The van der Waals surface area contributed by atoms with Crippen LogP contribution in [0.1, 0.15) is 20.3 Å². The second-order valence-corrected chi connectivity index (χ2v) is 3.28. The molecule has 2 N–H and O–H groups in total. The molecule has 0 aliphatic carbocycles. The van der Waals surface area contributed by atoms with Crippen molar-refractivity contribution in [3.05, 3.63) is 0 Å². The van der Waals surface area contributed by atoms with E-state index in [-0.39, 0.29) is 6.10 Å². The third-order valence-corrected chi connectivity index (χ3v) is 1.85. The molecule has 3 nitrogen and oxygen atoms in total. The average molecular weight is 146 g/mol. The average Bonchev–Trinajstić information content (AvgIpc) is 1.79. The molecule has 1 rings (SSSR count). The van der Waals surface area contributed by atoms with Crippen LogP contribution in [-0.2, 0) is 4.74 Å². The Morgan fingerprint density at radius 2 is 2.20 bits per heavy atom. The highest BCUT2D eigenvalue weighted by Crippen LogP contribution is 2.22. The summed E-state index contributed by atoms with van der Waals surface area (Å²) in [5.74, 6) is 0. The molecule has 1 aliphatic heterocycles. The van der Waals surface area contributed by atoms with Crippen molar-refractivity contribution < 1.29 is 14.9 Å². The summed E-state index contributed by atoms with van der Waals surface area (Å²) in [6.07, 6.45) is -0.252. The van der Waals surface area contributed by atoms with E-state index < -0.39 is 11.7 Å². The smallest absolute Gasteiger partial charge is 0.0877 e. The highest BCUT2D eigenvalue weighted by Gasteiger charge is 2.33. The first-order valence-corrected chi connectivity index (χ1v) is 3.53. The second kappa shape index (κ2) is 2.49. The van der Waals surface area contributed by atoms with Crippen molar-refractivity contribution in [1.82, 2.24) is 0 Å². The summed E-state index contributed by atoms with van der Waals surface area (Å²) < 4.78 is 5.11. The highest BCUT2D eigenvalue weighted by molar-refractivity contribution is 4.84. The van der Waals surface area contributed by atoms with Crippen LogP contribution >= 0.6 is 0 Å². The molecule has 0 bridgehead atoms. The van der Waals surface area contributed by atoms with Gasteiger partial charge in [-0.1, -0.05) is 0 Å². The third-order valence-electron chi connectivity index (χ3n) is 1.85. The molecule has 60 valence electrons. The monoisotopic (exact) mass is 146 g/mol. The molecule has 0 aromatic heterocycles. The molecule has 0 aromatic carbocycles. The van der Waals surface area contributed by atoms with E-state index in [4.69, 9.17) is 4.74 Å². The van der Waals surface area contributed by atoms with Crippen molar-refractivity contribution in [2.24, 2.45) is 0 Å². The van der Waals surface area contributed by atoms with E-state index in [1.54, 1.807) is 13.8 Å². The van der Waals surface area contributed by atoms with Gasteiger partial charge in [-0.2, -0.15) is 0 Å². The van der Waals surface area contributed by atoms with E-state index in [9.17, 15) is 10.2 Å². The largest absolute Gasteiger partial charge is 0.390 e. The molecular formula is C7H14O3. The Labute approximate surface area is 60.6 Å². The second-order valence-electron chi connectivity index (χ2n) is 3.28. The Balaban J connectivity index is 2.49. The quantitative estimate of drug-likeness (QED) is 0.502. The first-order chi connectivity index (χ1) is 4.51. The Bertz CT molecular complexity index is 122. The summed E-state index contributed by atoms with van der Waals surface area (Å²) >= 11 is 0. The third kappa shape index (κ3) is 1.68. The fraction of sp³-hybridized carbons (Fsp3) is 1.00. The summed E-state index contributed by atoms with van der Waals surface area (Å²) in [4.78, 5) is 0. The van der Waals surface area contributed by atoms with E-state index >= 15 is 0 Å². The van der Waals surface area contributed by atoms with Gasteiger partial charge < -0.3 is 14.9 Å². The van der Waals surface area contributed by atoms with Gasteiger partial charge >= 0.3 is 0 Å². The summed E-state index contributed by atoms with van der Waals surface area (Å²) in [6.45, 7) is 3.80. The maximum absolute atomic E-state index is 9.38. The SMILES string of the molecule is C[C@H]1OC[C@](C)(O)C[C@H]1O. The highest BCUT2D eigenvalue weighted by atomic mass is 16.5. The maximum Gasteiger partial charge on any atom is 0.0877 e. The molecule has 10 heavy (non-hydrogen) atoms. The first-order valence-electron chi connectivity index (χ1n) is 3.53. The van der Waals surface area contributed by atoms with Gasteiger partial charge in [-0.25, -0.2) is 0 Å². The van der Waals surface area contributed by atoms with Crippen molar-refractivity contribution >= 4 is 0 Å². The van der Waals surface area contributed by atoms with Crippen molar-refractivity contribution in [3.8, 4) is 0 Å². The van der Waals surface area contributed by atoms with Crippen LogP contribution in [0.5, 0.6) is 0 Å². The standard InChI is InChI=1S/C7H14O3/c1-5-6(8)3-7(2,9)4-10-5/h5-6,8-9H,3-4H2,1-2H3/t5-,6-,7-/m1/s1. The minimum absolute atomic E-state index is 0.139. The van der Waals surface area contributed by atoms with Gasteiger partial charge in [-0.3, -0.25) is 0 Å². The van der Waals surface area contributed by atoms with Gasteiger partial charge in [-0.15, -0.1) is 0 Å². The van der Waals surface area contributed by atoms with E-state index in [2.05, 4.69) is 0 Å². The number of rotatable bonds is 0. The van der Waals surface area contributed by atoms with E-state index in [0.29, 0.717) is 13.0 Å². The number of hydrogen-bond donors (Lipinski definition) is 2. The Morgan fingerprint density at radius 1 is 1.60 bits per heavy atom. The molecule has 1 saturated heterocycles. The molecule has 0 unspecified atom stereocenters. The Morgan fingerprint density at radius 3 is 2.60 bits per heavy atom. The molecule has 1 fully saturated rings. The lowest BCUT2D eigenvalue weighted by molar-refractivity contribution is -0.157. The van der Waals surface area contributed by atoms with E-state index in [1.165, 1.54) is 0 Å². The lowest BCUT2D eigenvalue weighted by atomic mass is 9.94. The topological polar surface area (TPSA) is 49.7 Å². The molecule has 3 atom stereocenters. The minimum Gasteiger partial charge on any atom is -0.390 e. The first kappa shape index (κ1) is 7.98. The minimum atomic E-state index is -0.841. The maximum atomic E-state index is 9.38. The summed E-state index contributed by atoms with van der Waals surface area (Å²) in [6, 6.07) is 0. The van der Waals surface area contributed by atoms with Crippen LogP contribution in [-0.4, -0.2) is 34.6 Å². The van der Waals surface area contributed by atoms with Gasteiger partial charge in [0.25, 0.3) is 0 Å². The van der Waals surface area contributed by atoms with E-state index in [0.717, 1.165) is 0 Å². The molecular weight excluding hydrogens is 132 g/mol. The molecule has 0 amide bonds. The lowest BCUT2D eigenvalue weighted by Gasteiger charge is -2.35. The predicted molar refractivity (Wildman–Crippen MR) is 36.7 cm³/mol. The Hall–Kier alpha value is -0.120. The number of hydrogen-bond acceptors (Lipinski definition) is 3. The van der Waals surface area contributed by atoms with Crippen LogP contribution in [0.3, 0.4) is 0 Å². The van der Waals surface area contributed by atoms with Gasteiger partial charge in [-0.05, 0) is 13.8 Å². The number of ether oxygens (including phenoxy) is 1. The van der Waals surface area contributed by atoms with E-state index in [1.807, 2.05) is 0 Å². The van der Waals surface area contributed by atoms with Crippen molar-refractivity contribution in [3.63, 3.8) is 0 Å². The molecule has 0 aromatic rings.